The van der Waals surface area contributed by atoms with Crippen LogP contribution < -0.4 is 19.5 Å². The Morgan fingerprint density at radius 1 is 0.861 bits per heavy atom. The number of aryl methyl sites for hydroxylation is 3. The van der Waals surface area contributed by atoms with Crippen molar-refractivity contribution in [3.8, 4) is 17.2 Å². The number of fused-ring (bicyclic) bond motifs is 1. The summed E-state index contributed by atoms with van der Waals surface area (Å²) in [6, 6.07) is 19.4. The van der Waals surface area contributed by atoms with Gasteiger partial charge in [0, 0.05) is 24.7 Å². The van der Waals surface area contributed by atoms with E-state index in [1.54, 1.807) is 12.1 Å². The summed E-state index contributed by atoms with van der Waals surface area (Å²) in [5.74, 6) is 2.29. The topological polar surface area (TPSA) is 74.6 Å². The number of benzene rings is 3. The lowest BCUT2D eigenvalue weighted by Crippen LogP contribution is -2.13. The Kier molecular flexibility index (Phi) is 8.10. The van der Waals surface area contributed by atoms with E-state index in [0.717, 1.165) is 41.0 Å². The van der Waals surface area contributed by atoms with Gasteiger partial charge >= 0.3 is 0 Å². The van der Waals surface area contributed by atoms with Gasteiger partial charge in [-0.2, -0.15) is 0 Å². The van der Waals surface area contributed by atoms with Crippen molar-refractivity contribution in [1.82, 2.24) is 9.55 Å². The third-order valence-electron chi connectivity index (χ3n) is 5.87. The van der Waals surface area contributed by atoms with E-state index in [9.17, 15) is 4.79 Å². The number of nitrogens with zero attached hydrogens (tertiary/aromatic N) is 2. The Morgan fingerprint density at radius 3 is 2.22 bits per heavy atom. The molecule has 4 rings (SSSR count). The number of amides is 1. The van der Waals surface area contributed by atoms with Gasteiger partial charge in [0.15, 0.2) is 11.5 Å². The van der Waals surface area contributed by atoms with Crippen LogP contribution in [0.2, 0.25) is 0 Å². The lowest BCUT2D eigenvalue weighted by molar-refractivity contribution is 0.102. The molecule has 0 unspecified atom stereocenters. The molecule has 0 saturated heterocycles. The second-order valence-corrected chi connectivity index (χ2v) is 8.33. The third-order valence-corrected chi connectivity index (χ3v) is 5.87. The SMILES string of the molecule is CCOc1cc(C(=O)Nc2cccc(CCc3nc4ccccc4n3C)c2)cc(OCC)c1OCC. The van der Waals surface area contributed by atoms with Crippen molar-refractivity contribution in [1.29, 1.82) is 0 Å². The molecule has 3 aromatic carbocycles. The van der Waals surface area contributed by atoms with Gasteiger partial charge in [0.1, 0.15) is 5.82 Å². The van der Waals surface area contributed by atoms with Crippen LogP contribution in [0.4, 0.5) is 5.69 Å². The first-order valence-electron chi connectivity index (χ1n) is 12.4. The van der Waals surface area contributed by atoms with E-state index >= 15 is 0 Å². The highest BCUT2D eigenvalue weighted by Crippen LogP contribution is 2.39. The van der Waals surface area contributed by atoms with Crippen molar-refractivity contribution in [2.75, 3.05) is 25.1 Å². The van der Waals surface area contributed by atoms with E-state index in [2.05, 4.69) is 22.0 Å². The zero-order valence-corrected chi connectivity index (χ0v) is 21.3. The van der Waals surface area contributed by atoms with Crippen molar-refractivity contribution in [2.45, 2.75) is 33.6 Å². The molecule has 0 spiro atoms. The highest BCUT2D eigenvalue weighted by Gasteiger charge is 2.18. The Hall–Kier alpha value is -4.00. The second-order valence-electron chi connectivity index (χ2n) is 8.33. The van der Waals surface area contributed by atoms with Gasteiger partial charge in [-0.05, 0) is 69.2 Å². The van der Waals surface area contributed by atoms with Crippen molar-refractivity contribution in [2.24, 2.45) is 7.05 Å². The molecule has 1 N–H and O–H groups in total. The monoisotopic (exact) mass is 487 g/mol. The number of nitrogens with one attached hydrogen (secondary N) is 1. The maximum atomic E-state index is 13.2. The van der Waals surface area contributed by atoms with E-state index < -0.39 is 0 Å². The van der Waals surface area contributed by atoms with Gasteiger partial charge in [0.05, 0.1) is 30.9 Å². The molecule has 36 heavy (non-hydrogen) atoms. The average Bonchev–Trinajstić information content (AvgIpc) is 3.20. The van der Waals surface area contributed by atoms with E-state index in [1.165, 1.54) is 0 Å². The molecule has 4 aromatic rings. The average molecular weight is 488 g/mol. The van der Waals surface area contributed by atoms with Crippen LogP contribution in [0.3, 0.4) is 0 Å². The van der Waals surface area contributed by atoms with Crippen LogP contribution in [0.1, 0.15) is 42.5 Å². The molecule has 0 aliphatic heterocycles. The minimum atomic E-state index is -0.243. The second kappa shape index (κ2) is 11.6. The molecule has 0 fully saturated rings. The number of rotatable bonds is 11. The van der Waals surface area contributed by atoms with Crippen molar-refractivity contribution < 1.29 is 19.0 Å². The fourth-order valence-corrected chi connectivity index (χ4v) is 4.20. The van der Waals surface area contributed by atoms with Crippen LogP contribution in [-0.4, -0.2) is 35.3 Å². The Balaban J connectivity index is 1.50. The molecule has 0 aliphatic carbocycles. The Morgan fingerprint density at radius 2 is 1.56 bits per heavy atom. The first-order valence-corrected chi connectivity index (χ1v) is 12.4. The van der Waals surface area contributed by atoms with Crippen LogP contribution in [0.25, 0.3) is 11.0 Å². The summed E-state index contributed by atoms with van der Waals surface area (Å²) in [5.41, 5.74) is 4.42. The van der Waals surface area contributed by atoms with E-state index in [0.29, 0.717) is 42.6 Å². The maximum Gasteiger partial charge on any atom is 0.255 e. The molecule has 7 nitrogen and oxygen atoms in total. The summed E-state index contributed by atoms with van der Waals surface area (Å²) in [4.78, 5) is 17.9. The van der Waals surface area contributed by atoms with Crippen LogP contribution in [0.15, 0.2) is 60.7 Å². The van der Waals surface area contributed by atoms with Gasteiger partial charge in [0.2, 0.25) is 5.75 Å². The molecule has 7 heteroatoms. The van der Waals surface area contributed by atoms with Crippen LogP contribution in [0, 0.1) is 0 Å². The predicted octanol–water partition coefficient (Wildman–Crippen LogP) is 5.81. The van der Waals surface area contributed by atoms with E-state index in [1.807, 2.05) is 64.2 Å². The number of ether oxygens (including phenoxy) is 3. The van der Waals surface area contributed by atoms with Gasteiger partial charge in [-0.3, -0.25) is 4.79 Å². The van der Waals surface area contributed by atoms with Crippen LogP contribution in [0.5, 0.6) is 17.2 Å². The quantitative estimate of drug-likeness (QED) is 0.289. The highest BCUT2D eigenvalue weighted by molar-refractivity contribution is 6.05. The largest absolute Gasteiger partial charge is 0.490 e. The number of carbonyl (C=O) groups is 1. The number of anilines is 1. The zero-order chi connectivity index (χ0) is 25.5. The highest BCUT2D eigenvalue weighted by atomic mass is 16.5. The fourth-order valence-electron chi connectivity index (χ4n) is 4.20. The number of hydrogen-bond acceptors (Lipinski definition) is 5. The van der Waals surface area contributed by atoms with E-state index in [-0.39, 0.29) is 5.91 Å². The van der Waals surface area contributed by atoms with Gasteiger partial charge in [-0.15, -0.1) is 0 Å². The summed E-state index contributed by atoms with van der Waals surface area (Å²) < 4.78 is 19.4. The summed E-state index contributed by atoms with van der Waals surface area (Å²) in [7, 11) is 2.05. The van der Waals surface area contributed by atoms with Gasteiger partial charge in [-0.1, -0.05) is 24.3 Å². The molecule has 0 bridgehead atoms. The molecule has 0 saturated carbocycles. The summed E-state index contributed by atoms with van der Waals surface area (Å²) in [6.07, 6.45) is 1.61. The fraction of sp³-hybridized carbons (Fsp3) is 0.310. The summed E-state index contributed by atoms with van der Waals surface area (Å²) in [6.45, 7) is 7.04. The van der Waals surface area contributed by atoms with E-state index in [4.69, 9.17) is 19.2 Å². The summed E-state index contributed by atoms with van der Waals surface area (Å²) >= 11 is 0. The maximum absolute atomic E-state index is 13.2. The lowest BCUT2D eigenvalue weighted by Gasteiger charge is -2.17. The molecule has 0 aliphatic rings. The van der Waals surface area contributed by atoms with Crippen molar-refractivity contribution in [3.63, 3.8) is 0 Å². The first kappa shape index (κ1) is 25.1. The number of aromatic nitrogens is 2. The lowest BCUT2D eigenvalue weighted by atomic mass is 10.1. The molecule has 188 valence electrons. The van der Waals surface area contributed by atoms with Crippen LogP contribution in [-0.2, 0) is 19.9 Å². The molecule has 1 aromatic heterocycles. The van der Waals surface area contributed by atoms with Crippen molar-refractivity contribution >= 4 is 22.6 Å². The van der Waals surface area contributed by atoms with Gasteiger partial charge < -0.3 is 24.1 Å². The Labute approximate surface area is 212 Å². The molecule has 1 amide bonds. The summed E-state index contributed by atoms with van der Waals surface area (Å²) in [5, 5.41) is 3.01. The molecule has 0 radical (unpaired) electrons. The number of carbonyl (C=O) groups excluding carboxylic acids is 1. The van der Waals surface area contributed by atoms with Crippen LogP contribution >= 0.6 is 0 Å². The minimum absolute atomic E-state index is 0.243. The minimum Gasteiger partial charge on any atom is -0.490 e. The number of hydrogen-bond donors (Lipinski definition) is 1. The molecular formula is C29H33N3O4. The number of imidazole rings is 1. The number of para-hydroxylation sites is 2. The van der Waals surface area contributed by atoms with Gasteiger partial charge in [0.25, 0.3) is 5.91 Å². The molecule has 1 heterocycles. The molecule has 0 atom stereocenters. The predicted molar refractivity (Wildman–Crippen MR) is 142 cm³/mol. The standard InChI is InChI=1S/C29H33N3O4/c1-5-34-25-18-21(19-26(35-6-2)28(25)36-7-3)29(33)30-22-12-10-11-20(17-22)15-16-27-31-23-13-8-9-14-24(23)32(27)4/h8-14,17-19H,5-7,15-16H2,1-4H3,(H,30,33). The first-order chi connectivity index (χ1) is 17.5. The zero-order valence-electron chi connectivity index (χ0n) is 21.3. The van der Waals surface area contributed by atoms with Gasteiger partial charge in [-0.25, -0.2) is 4.98 Å². The normalized spacial score (nSPS) is 10.9. The third kappa shape index (κ3) is 5.62. The Bertz CT molecular complexity index is 1320. The molecular weight excluding hydrogens is 454 g/mol. The van der Waals surface area contributed by atoms with Crippen molar-refractivity contribution in [3.05, 3.63) is 77.6 Å². The smallest absolute Gasteiger partial charge is 0.255 e.